The highest BCUT2D eigenvalue weighted by atomic mass is 16.6. The van der Waals surface area contributed by atoms with Crippen molar-refractivity contribution in [2.24, 2.45) is 11.8 Å². The van der Waals surface area contributed by atoms with Crippen LogP contribution in [0.2, 0.25) is 0 Å². The molecule has 0 aromatic heterocycles. The number of fused-ring (bicyclic) bond motifs is 1. The fraction of sp³-hybridized carbons (Fsp3) is 0.909. The second-order valence-corrected chi connectivity index (χ2v) is 3.95. The maximum absolute atomic E-state index is 11.3. The molecule has 5 unspecified atom stereocenters. The molecule has 0 saturated carbocycles. The Bertz CT molecular complexity index is 239. The van der Waals surface area contributed by atoms with E-state index in [9.17, 15) is 4.79 Å². The van der Waals surface area contributed by atoms with Crippen molar-refractivity contribution < 1.29 is 14.3 Å². The lowest BCUT2D eigenvalue weighted by Crippen LogP contribution is -2.31. The van der Waals surface area contributed by atoms with Crippen molar-refractivity contribution in [3.8, 4) is 0 Å². The van der Waals surface area contributed by atoms with Gasteiger partial charge < -0.3 is 9.47 Å². The van der Waals surface area contributed by atoms with Gasteiger partial charge >= 0.3 is 5.97 Å². The Morgan fingerprint density at radius 3 is 2.71 bits per heavy atom. The lowest BCUT2D eigenvalue weighted by molar-refractivity contribution is -0.144. The van der Waals surface area contributed by atoms with Gasteiger partial charge in [-0.15, -0.1) is 0 Å². The van der Waals surface area contributed by atoms with Crippen LogP contribution >= 0.6 is 0 Å². The van der Waals surface area contributed by atoms with Gasteiger partial charge in [-0.25, -0.2) is 0 Å². The molecule has 3 aliphatic rings. The van der Waals surface area contributed by atoms with E-state index in [4.69, 9.17) is 9.47 Å². The van der Waals surface area contributed by atoms with Crippen molar-refractivity contribution in [2.75, 3.05) is 0 Å². The summed E-state index contributed by atoms with van der Waals surface area (Å²) in [6.07, 6.45) is 2.46. The van der Waals surface area contributed by atoms with Crippen LogP contribution in [0.4, 0.5) is 0 Å². The van der Waals surface area contributed by atoms with E-state index in [-0.39, 0.29) is 24.1 Å². The average Bonchev–Trinajstić information content (AvgIpc) is 2.81. The van der Waals surface area contributed by atoms with Gasteiger partial charge in [0.25, 0.3) is 0 Å². The first-order valence-electron chi connectivity index (χ1n) is 5.67. The molecular weight excluding hydrogens is 180 g/mol. The van der Waals surface area contributed by atoms with Gasteiger partial charge in [-0.05, 0) is 12.8 Å². The van der Waals surface area contributed by atoms with Crippen LogP contribution in [0.1, 0.15) is 33.6 Å². The van der Waals surface area contributed by atoms with E-state index >= 15 is 0 Å². The predicted octanol–water partition coefficient (Wildman–Crippen LogP) is 1.75. The number of rotatable bonds is 1. The summed E-state index contributed by atoms with van der Waals surface area (Å²) in [5.41, 5.74) is 0. The van der Waals surface area contributed by atoms with Crippen LogP contribution in [0.3, 0.4) is 0 Å². The highest BCUT2D eigenvalue weighted by Crippen LogP contribution is 2.50. The monoisotopic (exact) mass is 198 g/mol. The van der Waals surface area contributed by atoms with Gasteiger partial charge in [0.1, 0.15) is 12.2 Å². The lowest BCUT2D eigenvalue weighted by Gasteiger charge is -2.19. The topological polar surface area (TPSA) is 35.5 Å². The van der Waals surface area contributed by atoms with Crippen molar-refractivity contribution in [1.29, 1.82) is 0 Å². The van der Waals surface area contributed by atoms with Gasteiger partial charge in [0.15, 0.2) is 0 Å². The second-order valence-electron chi connectivity index (χ2n) is 3.95. The summed E-state index contributed by atoms with van der Waals surface area (Å²) in [6, 6.07) is 0. The van der Waals surface area contributed by atoms with Crippen LogP contribution in [-0.4, -0.2) is 24.3 Å². The fourth-order valence-corrected chi connectivity index (χ4v) is 2.88. The molecule has 0 aliphatic carbocycles. The molecule has 3 heteroatoms. The van der Waals surface area contributed by atoms with Crippen molar-refractivity contribution in [3.05, 3.63) is 0 Å². The Kier molecular flexibility index (Phi) is 2.52. The molecule has 5 atom stereocenters. The van der Waals surface area contributed by atoms with Crippen LogP contribution in [0, 0.1) is 11.8 Å². The lowest BCUT2D eigenvalue weighted by atomic mass is 9.81. The molecule has 2 bridgehead atoms. The first-order chi connectivity index (χ1) is 6.81. The number of carbonyl (C=O) groups is 1. The Morgan fingerprint density at radius 1 is 1.36 bits per heavy atom. The summed E-state index contributed by atoms with van der Waals surface area (Å²) in [6.45, 7) is 6.13. The number of carbonyl (C=O) groups excluding carboxylic acids is 1. The van der Waals surface area contributed by atoms with Gasteiger partial charge in [-0.1, -0.05) is 20.8 Å². The van der Waals surface area contributed by atoms with Crippen LogP contribution in [0.15, 0.2) is 0 Å². The molecule has 3 nitrogen and oxygen atoms in total. The van der Waals surface area contributed by atoms with Crippen molar-refractivity contribution >= 4 is 5.97 Å². The quantitative estimate of drug-likeness (QED) is 0.602. The molecule has 3 heterocycles. The van der Waals surface area contributed by atoms with E-state index in [1.54, 1.807) is 0 Å². The van der Waals surface area contributed by atoms with E-state index in [0.29, 0.717) is 12.0 Å². The molecule has 0 radical (unpaired) electrons. The van der Waals surface area contributed by atoms with Gasteiger partial charge in [0.05, 0.1) is 12.0 Å². The summed E-state index contributed by atoms with van der Waals surface area (Å²) < 4.78 is 11.0. The minimum Gasteiger partial charge on any atom is -0.459 e. The average molecular weight is 198 g/mol. The zero-order chi connectivity index (χ0) is 10.3. The molecular formula is C11H18O3. The van der Waals surface area contributed by atoms with Crippen molar-refractivity contribution in [2.45, 2.75) is 51.9 Å². The second kappa shape index (κ2) is 3.54. The molecule has 0 N–H and O–H groups in total. The molecule has 80 valence electrons. The first kappa shape index (κ1) is 9.97. The number of hydrogen-bond donors (Lipinski definition) is 0. The molecule has 3 fully saturated rings. The summed E-state index contributed by atoms with van der Waals surface area (Å²) >= 11 is 0. The summed E-state index contributed by atoms with van der Waals surface area (Å²) in [5.74, 6) is 0.518. The van der Waals surface area contributed by atoms with E-state index in [1.165, 1.54) is 0 Å². The Hall–Kier alpha value is -0.570. The maximum Gasteiger partial charge on any atom is 0.312 e. The predicted molar refractivity (Wildman–Crippen MR) is 51.8 cm³/mol. The molecule has 0 aromatic carbocycles. The first-order valence-corrected chi connectivity index (χ1v) is 5.67. The minimum absolute atomic E-state index is 0.0246. The molecule has 0 amide bonds. The smallest absolute Gasteiger partial charge is 0.312 e. The molecule has 3 saturated heterocycles. The minimum atomic E-state index is -0.0246. The highest BCUT2D eigenvalue weighted by Gasteiger charge is 2.62. The SMILES string of the molecule is CC.CCC1C2CC3C(=O)OC1C3O2. The Labute approximate surface area is 84.8 Å². The van der Waals surface area contributed by atoms with Crippen LogP contribution < -0.4 is 0 Å². The summed E-state index contributed by atoms with van der Waals surface area (Å²) in [4.78, 5) is 11.3. The zero-order valence-corrected chi connectivity index (χ0v) is 9.03. The number of esters is 1. The van der Waals surface area contributed by atoms with E-state index < -0.39 is 0 Å². The highest BCUT2D eigenvalue weighted by molar-refractivity contribution is 5.77. The van der Waals surface area contributed by atoms with E-state index in [0.717, 1.165) is 12.8 Å². The Morgan fingerprint density at radius 2 is 2.07 bits per heavy atom. The molecule has 0 spiro atoms. The largest absolute Gasteiger partial charge is 0.459 e. The normalized spacial score (nSPS) is 47.4. The van der Waals surface area contributed by atoms with Gasteiger partial charge in [0.2, 0.25) is 0 Å². The third kappa shape index (κ3) is 1.11. The molecule has 14 heavy (non-hydrogen) atoms. The third-order valence-electron chi connectivity index (χ3n) is 3.46. The van der Waals surface area contributed by atoms with Crippen LogP contribution in [-0.2, 0) is 14.3 Å². The molecule has 3 aliphatic heterocycles. The third-order valence-corrected chi connectivity index (χ3v) is 3.46. The van der Waals surface area contributed by atoms with E-state index in [1.807, 2.05) is 13.8 Å². The molecule has 0 aromatic rings. The summed E-state index contributed by atoms with van der Waals surface area (Å²) in [7, 11) is 0. The molecule has 3 rings (SSSR count). The standard InChI is InChI=1S/C9H12O3.C2H6/c1-2-4-6-3-5-8(11-6)7(4)12-9(5)10;1-2/h4-8H,2-3H2,1H3;1-2H3. The number of hydrogen-bond acceptors (Lipinski definition) is 3. The number of ether oxygens (including phenoxy) is 2. The summed E-state index contributed by atoms with van der Waals surface area (Å²) in [5, 5.41) is 0. The van der Waals surface area contributed by atoms with Gasteiger partial charge in [-0.2, -0.15) is 0 Å². The Balaban J connectivity index is 0.000000354. The van der Waals surface area contributed by atoms with Crippen molar-refractivity contribution in [3.63, 3.8) is 0 Å². The van der Waals surface area contributed by atoms with Gasteiger partial charge in [0, 0.05) is 5.92 Å². The van der Waals surface area contributed by atoms with Crippen LogP contribution in [0.5, 0.6) is 0 Å². The zero-order valence-electron chi connectivity index (χ0n) is 9.03. The van der Waals surface area contributed by atoms with E-state index in [2.05, 4.69) is 6.92 Å². The van der Waals surface area contributed by atoms with Crippen LogP contribution in [0.25, 0.3) is 0 Å². The van der Waals surface area contributed by atoms with Crippen molar-refractivity contribution in [1.82, 2.24) is 0 Å². The van der Waals surface area contributed by atoms with Gasteiger partial charge in [-0.3, -0.25) is 4.79 Å². The fourth-order valence-electron chi connectivity index (χ4n) is 2.88. The maximum atomic E-state index is 11.3.